The van der Waals surface area contributed by atoms with Crippen molar-refractivity contribution in [3.63, 3.8) is 0 Å². The minimum atomic E-state index is -1.18. The number of carbonyl (C=O) groups is 3. The normalized spacial score (nSPS) is 13.3. The first-order valence-corrected chi connectivity index (χ1v) is 6.34. The highest BCUT2D eigenvalue weighted by Crippen LogP contribution is 2.02. The summed E-state index contributed by atoms with van der Waals surface area (Å²) in [6.45, 7) is 2.73. The molecule has 0 aromatic carbocycles. The van der Waals surface area contributed by atoms with Crippen molar-refractivity contribution >= 4 is 18.0 Å². The number of methoxy groups -OCH3 is 1. The molecule has 0 aliphatic carbocycles. The van der Waals surface area contributed by atoms with Gasteiger partial charge in [0.2, 0.25) is 0 Å². The molecule has 4 N–H and O–H groups in total. The Morgan fingerprint density at radius 2 is 1.90 bits per heavy atom. The molecule has 20 heavy (non-hydrogen) atoms. The SMILES string of the molecule is COCC(C)CNC(=O)N[C@H](CCCC(=O)O)C(=O)O. The van der Waals surface area contributed by atoms with Gasteiger partial charge in [-0.15, -0.1) is 0 Å². The number of nitrogens with one attached hydrogen (secondary N) is 2. The number of carboxylic acid groups (broad SMARTS) is 2. The number of rotatable bonds is 10. The van der Waals surface area contributed by atoms with E-state index in [4.69, 9.17) is 14.9 Å². The maximum absolute atomic E-state index is 11.5. The van der Waals surface area contributed by atoms with Crippen molar-refractivity contribution in [1.82, 2.24) is 10.6 Å². The third-order valence-electron chi connectivity index (χ3n) is 2.55. The number of amides is 2. The number of aliphatic carboxylic acids is 2. The van der Waals surface area contributed by atoms with E-state index < -0.39 is 24.0 Å². The Morgan fingerprint density at radius 3 is 2.40 bits per heavy atom. The quantitative estimate of drug-likeness (QED) is 0.458. The second-order valence-electron chi connectivity index (χ2n) is 4.59. The first-order chi connectivity index (χ1) is 9.36. The first-order valence-electron chi connectivity index (χ1n) is 6.34. The Kier molecular flexibility index (Phi) is 9.10. The smallest absolute Gasteiger partial charge is 0.326 e. The Labute approximate surface area is 117 Å². The van der Waals surface area contributed by atoms with Gasteiger partial charge in [0, 0.05) is 20.1 Å². The van der Waals surface area contributed by atoms with Crippen molar-refractivity contribution in [2.45, 2.75) is 32.2 Å². The second kappa shape index (κ2) is 10.0. The summed E-state index contributed by atoms with van der Waals surface area (Å²) in [6.07, 6.45) is 0.132. The van der Waals surface area contributed by atoms with Gasteiger partial charge in [-0.1, -0.05) is 6.92 Å². The van der Waals surface area contributed by atoms with Gasteiger partial charge >= 0.3 is 18.0 Å². The molecule has 0 aromatic heterocycles. The summed E-state index contributed by atoms with van der Waals surface area (Å²) in [7, 11) is 1.56. The summed E-state index contributed by atoms with van der Waals surface area (Å²) in [6, 6.07) is -1.68. The van der Waals surface area contributed by atoms with Gasteiger partial charge in [0.1, 0.15) is 6.04 Å². The van der Waals surface area contributed by atoms with Crippen molar-refractivity contribution in [1.29, 1.82) is 0 Å². The molecule has 0 saturated carbocycles. The molecular weight excluding hydrogens is 268 g/mol. The van der Waals surface area contributed by atoms with Crippen LogP contribution in [0.3, 0.4) is 0 Å². The maximum atomic E-state index is 11.5. The fourth-order valence-electron chi connectivity index (χ4n) is 1.53. The summed E-state index contributed by atoms with van der Waals surface area (Å²) in [5.74, 6) is -2.07. The van der Waals surface area contributed by atoms with Gasteiger partial charge < -0.3 is 25.6 Å². The van der Waals surface area contributed by atoms with E-state index in [1.54, 1.807) is 7.11 Å². The van der Waals surface area contributed by atoms with E-state index in [-0.39, 0.29) is 25.2 Å². The summed E-state index contributed by atoms with van der Waals surface area (Å²) < 4.78 is 4.91. The molecule has 116 valence electrons. The van der Waals surface area contributed by atoms with Crippen LogP contribution in [0.4, 0.5) is 4.79 Å². The zero-order chi connectivity index (χ0) is 15.5. The van der Waals surface area contributed by atoms with Gasteiger partial charge in [-0.05, 0) is 18.8 Å². The fraction of sp³-hybridized carbons (Fsp3) is 0.750. The molecular formula is C12H22N2O6. The molecule has 0 aliphatic rings. The molecule has 1 unspecified atom stereocenters. The van der Waals surface area contributed by atoms with Crippen LogP contribution in [0, 0.1) is 5.92 Å². The molecule has 0 radical (unpaired) electrons. The lowest BCUT2D eigenvalue weighted by atomic mass is 10.1. The predicted molar refractivity (Wildman–Crippen MR) is 70.5 cm³/mol. The van der Waals surface area contributed by atoms with Crippen molar-refractivity contribution in [2.75, 3.05) is 20.3 Å². The van der Waals surface area contributed by atoms with E-state index in [0.717, 1.165) is 0 Å². The average molecular weight is 290 g/mol. The maximum Gasteiger partial charge on any atom is 0.326 e. The van der Waals surface area contributed by atoms with Crippen molar-refractivity contribution in [3.05, 3.63) is 0 Å². The number of hydrogen-bond donors (Lipinski definition) is 4. The van der Waals surface area contributed by atoms with Gasteiger partial charge in [0.05, 0.1) is 6.61 Å². The van der Waals surface area contributed by atoms with Gasteiger partial charge in [-0.3, -0.25) is 4.79 Å². The summed E-state index contributed by atoms with van der Waals surface area (Å²) in [5, 5.41) is 22.3. The molecule has 0 aliphatic heterocycles. The summed E-state index contributed by atoms with van der Waals surface area (Å²) in [5.41, 5.74) is 0. The molecule has 0 spiro atoms. The Balaban J connectivity index is 4.07. The zero-order valence-corrected chi connectivity index (χ0v) is 11.7. The van der Waals surface area contributed by atoms with Crippen LogP contribution in [0.2, 0.25) is 0 Å². The van der Waals surface area contributed by atoms with Gasteiger partial charge in [0.15, 0.2) is 0 Å². The largest absolute Gasteiger partial charge is 0.481 e. The van der Waals surface area contributed by atoms with Crippen LogP contribution in [0.5, 0.6) is 0 Å². The molecule has 0 rings (SSSR count). The summed E-state index contributed by atoms with van der Waals surface area (Å²) in [4.78, 5) is 32.8. The van der Waals surface area contributed by atoms with Gasteiger partial charge in [-0.25, -0.2) is 9.59 Å². The first kappa shape index (κ1) is 18.2. The fourth-order valence-corrected chi connectivity index (χ4v) is 1.53. The van der Waals surface area contributed by atoms with Crippen LogP contribution < -0.4 is 10.6 Å². The monoisotopic (exact) mass is 290 g/mol. The molecule has 0 bridgehead atoms. The Bertz CT molecular complexity index is 334. The van der Waals surface area contributed by atoms with E-state index in [0.29, 0.717) is 13.2 Å². The predicted octanol–water partition coefficient (Wildman–Crippen LogP) is 0.276. The molecule has 0 aromatic rings. The number of carboxylic acids is 2. The highest BCUT2D eigenvalue weighted by Gasteiger charge is 2.20. The van der Waals surface area contributed by atoms with E-state index in [9.17, 15) is 14.4 Å². The molecule has 2 atom stereocenters. The Hall–Kier alpha value is -1.83. The second-order valence-corrected chi connectivity index (χ2v) is 4.59. The van der Waals surface area contributed by atoms with Crippen molar-refractivity contribution in [3.8, 4) is 0 Å². The topological polar surface area (TPSA) is 125 Å². The molecule has 8 heteroatoms. The molecule has 0 fully saturated rings. The standard InChI is InChI=1S/C12H22N2O6/c1-8(7-20-2)6-13-12(19)14-9(11(17)18)4-3-5-10(15)16/h8-9H,3-7H2,1-2H3,(H,15,16)(H,17,18)(H2,13,14,19)/t8?,9-/m1/s1. The van der Waals surface area contributed by atoms with Crippen LogP contribution in [0.25, 0.3) is 0 Å². The summed E-state index contributed by atoms with van der Waals surface area (Å²) >= 11 is 0. The molecule has 0 heterocycles. The average Bonchev–Trinajstić information content (AvgIpc) is 2.35. The number of ether oxygens (including phenoxy) is 1. The van der Waals surface area contributed by atoms with Gasteiger partial charge in [0.25, 0.3) is 0 Å². The molecule has 0 saturated heterocycles. The van der Waals surface area contributed by atoms with Crippen LogP contribution in [0.15, 0.2) is 0 Å². The lowest BCUT2D eigenvalue weighted by molar-refractivity contribution is -0.140. The Morgan fingerprint density at radius 1 is 1.25 bits per heavy atom. The molecule has 8 nitrogen and oxygen atoms in total. The third kappa shape index (κ3) is 9.15. The van der Waals surface area contributed by atoms with Crippen LogP contribution in [-0.2, 0) is 14.3 Å². The van der Waals surface area contributed by atoms with Crippen LogP contribution >= 0.6 is 0 Å². The highest BCUT2D eigenvalue weighted by atomic mass is 16.5. The third-order valence-corrected chi connectivity index (χ3v) is 2.55. The number of carbonyl (C=O) groups excluding carboxylic acids is 1. The minimum Gasteiger partial charge on any atom is -0.481 e. The van der Waals surface area contributed by atoms with E-state index in [1.165, 1.54) is 0 Å². The highest BCUT2D eigenvalue weighted by molar-refractivity contribution is 5.82. The zero-order valence-electron chi connectivity index (χ0n) is 11.7. The van der Waals surface area contributed by atoms with E-state index in [1.807, 2.05) is 6.92 Å². The van der Waals surface area contributed by atoms with E-state index in [2.05, 4.69) is 10.6 Å². The van der Waals surface area contributed by atoms with Crippen molar-refractivity contribution < 1.29 is 29.3 Å². The lowest BCUT2D eigenvalue weighted by Crippen LogP contribution is -2.47. The molecule has 2 amide bonds. The number of urea groups is 1. The van der Waals surface area contributed by atoms with Crippen LogP contribution in [0.1, 0.15) is 26.2 Å². The van der Waals surface area contributed by atoms with Gasteiger partial charge in [-0.2, -0.15) is 0 Å². The number of hydrogen-bond acceptors (Lipinski definition) is 4. The van der Waals surface area contributed by atoms with Crippen LogP contribution in [-0.4, -0.2) is 54.5 Å². The lowest BCUT2D eigenvalue weighted by Gasteiger charge is -2.16. The minimum absolute atomic E-state index is 0.0721. The van der Waals surface area contributed by atoms with Crippen molar-refractivity contribution in [2.24, 2.45) is 5.92 Å². The van der Waals surface area contributed by atoms with E-state index >= 15 is 0 Å².